The van der Waals surface area contributed by atoms with Crippen LogP contribution in [0.5, 0.6) is 5.75 Å². The van der Waals surface area contributed by atoms with E-state index in [0.717, 1.165) is 0 Å². The van der Waals surface area contributed by atoms with Gasteiger partial charge in [-0.15, -0.1) is 0 Å². The zero-order valence-electron chi connectivity index (χ0n) is 21.5. The normalized spacial score (nSPS) is 30.6. The van der Waals surface area contributed by atoms with Gasteiger partial charge < -0.3 is 60.5 Å². The molecule has 10 N–H and O–H groups in total. The molecule has 15 nitrogen and oxygen atoms in total. The molecule has 1 heterocycles. The van der Waals surface area contributed by atoms with Gasteiger partial charge in [-0.2, -0.15) is 0 Å². The molecule has 4 aliphatic rings. The second kappa shape index (κ2) is 9.47. The fourth-order valence-corrected chi connectivity index (χ4v) is 6.07. The standard InChI is InChI=1S/C27H26O15/c28-14-7-25(36)9-24(35)6-13-12(15-3-1-2-4-42-15)5-11(8-41-10-26(37,38)39)19(29)16(13)20(30)18(24)22(32)27(25,40)21(31)17(14)23(33)34/h1-5,15,29-31,35-40H,6-10H2,(H,33,34)/t15?,24-,25+,27?/m1/s1. The molecule has 0 aromatic heterocycles. The topological polar surface area (TPSA) is 272 Å². The fraction of sp³-hybridized carbons (Fsp3) is 0.370. The fourth-order valence-electron chi connectivity index (χ4n) is 6.07. The highest BCUT2D eigenvalue weighted by Crippen LogP contribution is 2.56. The SMILES string of the molecule is O=C(O)C1=C(O)C2(O)C(=O)C3=C(O)c4c(O)c(COCC(O)(O)O)cc(C5C=CC=CO5)c4C[C@@]3(O)C[C@@]2(O)CC1=O. The number of fused-ring (bicyclic) bond motifs is 3. The Morgan fingerprint density at radius 3 is 2.36 bits per heavy atom. The molecule has 2 unspecified atom stereocenters. The third-order valence-electron chi connectivity index (χ3n) is 7.83. The average molecular weight is 590 g/mol. The minimum Gasteiger partial charge on any atom is -0.508 e. The average Bonchev–Trinajstić information content (AvgIpc) is 2.87. The zero-order valence-corrected chi connectivity index (χ0v) is 21.5. The number of ketones is 2. The Bertz CT molecular complexity index is 1540. The summed E-state index contributed by atoms with van der Waals surface area (Å²) in [6.07, 6.45) is 2.36. The lowest BCUT2D eigenvalue weighted by Gasteiger charge is -2.54. The molecule has 0 bridgehead atoms. The second-order valence-electron chi connectivity index (χ2n) is 10.7. The molecule has 15 heteroatoms. The van der Waals surface area contributed by atoms with Crippen LogP contribution in [0.2, 0.25) is 0 Å². The Morgan fingerprint density at radius 2 is 1.76 bits per heavy atom. The summed E-state index contributed by atoms with van der Waals surface area (Å²) in [6, 6.07) is 1.34. The number of benzene rings is 1. The number of carboxylic acid groups (broad SMARTS) is 1. The van der Waals surface area contributed by atoms with Crippen molar-refractivity contribution < 1.29 is 74.9 Å². The highest BCUT2D eigenvalue weighted by Gasteiger charge is 2.71. The van der Waals surface area contributed by atoms with Crippen LogP contribution >= 0.6 is 0 Å². The van der Waals surface area contributed by atoms with E-state index in [-0.39, 0.29) is 16.7 Å². The molecule has 42 heavy (non-hydrogen) atoms. The van der Waals surface area contributed by atoms with Crippen molar-refractivity contribution in [1.29, 1.82) is 0 Å². The summed E-state index contributed by atoms with van der Waals surface area (Å²) in [5.41, 5.74) is -11.5. The van der Waals surface area contributed by atoms with Gasteiger partial charge in [0.2, 0.25) is 11.4 Å². The summed E-state index contributed by atoms with van der Waals surface area (Å²) < 4.78 is 10.7. The van der Waals surface area contributed by atoms with Gasteiger partial charge in [-0.1, -0.05) is 6.08 Å². The van der Waals surface area contributed by atoms with E-state index >= 15 is 0 Å². The molecule has 1 aromatic rings. The van der Waals surface area contributed by atoms with E-state index < -0.39 is 113 Å². The lowest BCUT2D eigenvalue weighted by atomic mass is 9.55. The zero-order chi connectivity index (χ0) is 31.0. The van der Waals surface area contributed by atoms with Gasteiger partial charge in [0.05, 0.1) is 24.0 Å². The van der Waals surface area contributed by atoms with Crippen molar-refractivity contribution in [3.05, 3.63) is 69.7 Å². The molecule has 3 aliphatic carbocycles. The van der Waals surface area contributed by atoms with E-state index in [4.69, 9.17) is 24.8 Å². The molecule has 1 aliphatic heterocycles. The number of aliphatic carboxylic acids is 1. The first kappa shape index (κ1) is 29.4. The largest absolute Gasteiger partial charge is 0.508 e. The lowest BCUT2D eigenvalue weighted by molar-refractivity contribution is -0.332. The molecule has 1 saturated carbocycles. The highest BCUT2D eigenvalue weighted by atomic mass is 16.7. The van der Waals surface area contributed by atoms with Gasteiger partial charge in [-0.3, -0.25) is 9.59 Å². The number of carboxylic acids is 1. The van der Waals surface area contributed by atoms with Gasteiger partial charge in [0, 0.05) is 30.4 Å². The molecule has 4 atom stereocenters. The number of Topliss-reactive ketones (excluding diaryl/α,β-unsaturated/α-hetero) is 2. The van der Waals surface area contributed by atoms with Gasteiger partial charge in [0.1, 0.15) is 41.0 Å². The molecule has 0 amide bonds. The molecule has 1 aromatic carbocycles. The first-order chi connectivity index (χ1) is 19.4. The van der Waals surface area contributed by atoms with Crippen LogP contribution in [0.25, 0.3) is 5.76 Å². The number of ether oxygens (including phenoxy) is 2. The number of rotatable bonds is 6. The third-order valence-corrected chi connectivity index (χ3v) is 7.83. The molecule has 5 rings (SSSR count). The molecule has 0 radical (unpaired) electrons. The van der Waals surface area contributed by atoms with Crippen LogP contribution in [-0.4, -0.2) is 98.0 Å². The first-order valence-corrected chi connectivity index (χ1v) is 12.4. The van der Waals surface area contributed by atoms with Crippen molar-refractivity contribution in [1.82, 2.24) is 0 Å². The van der Waals surface area contributed by atoms with Crippen molar-refractivity contribution in [2.75, 3.05) is 6.61 Å². The van der Waals surface area contributed by atoms with Crippen LogP contribution < -0.4 is 0 Å². The summed E-state index contributed by atoms with van der Waals surface area (Å²) in [4.78, 5) is 37.9. The Labute approximate surface area is 235 Å². The Morgan fingerprint density at radius 1 is 1.07 bits per heavy atom. The van der Waals surface area contributed by atoms with E-state index in [1.165, 1.54) is 12.3 Å². The van der Waals surface area contributed by atoms with E-state index in [9.17, 15) is 50.1 Å². The van der Waals surface area contributed by atoms with E-state index in [1.54, 1.807) is 18.2 Å². The maximum Gasteiger partial charge on any atom is 0.342 e. The summed E-state index contributed by atoms with van der Waals surface area (Å²) in [6.45, 7) is -1.60. The van der Waals surface area contributed by atoms with E-state index in [2.05, 4.69) is 0 Å². The summed E-state index contributed by atoms with van der Waals surface area (Å²) in [7, 11) is 0. The number of hydrogen-bond donors (Lipinski definition) is 10. The van der Waals surface area contributed by atoms with Crippen LogP contribution in [0.1, 0.15) is 41.2 Å². The number of phenols is 1. The van der Waals surface area contributed by atoms with Gasteiger partial charge in [-0.25, -0.2) is 4.79 Å². The Balaban J connectivity index is 1.73. The number of allylic oxidation sites excluding steroid dienone is 2. The number of aromatic hydroxyl groups is 1. The minimum atomic E-state index is -3.46. The van der Waals surface area contributed by atoms with Crippen molar-refractivity contribution in [2.24, 2.45) is 0 Å². The van der Waals surface area contributed by atoms with Crippen LogP contribution in [0, 0.1) is 0 Å². The highest BCUT2D eigenvalue weighted by molar-refractivity contribution is 6.22. The first-order valence-electron chi connectivity index (χ1n) is 12.4. The van der Waals surface area contributed by atoms with Crippen molar-refractivity contribution in [2.45, 2.75) is 54.7 Å². The lowest BCUT2D eigenvalue weighted by Crippen LogP contribution is -2.72. The number of carbonyl (C=O) groups is 3. The van der Waals surface area contributed by atoms with E-state index in [1.807, 2.05) is 0 Å². The van der Waals surface area contributed by atoms with E-state index in [0.29, 0.717) is 0 Å². The third kappa shape index (κ3) is 4.21. The predicted octanol–water partition coefficient (Wildman–Crippen LogP) is -1.46. The minimum absolute atomic E-state index is 0.0146. The molecule has 1 fully saturated rings. The monoisotopic (exact) mass is 590 g/mol. The van der Waals surface area contributed by atoms with Crippen molar-refractivity contribution in [3.63, 3.8) is 0 Å². The molecule has 0 spiro atoms. The Hall–Kier alpha value is -4.09. The predicted molar refractivity (Wildman–Crippen MR) is 134 cm³/mol. The van der Waals surface area contributed by atoms with Crippen LogP contribution in [0.3, 0.4) is 0 Å². The summed E-state index contributed by atoms with van der Waals surface area (Å²) >= 11 is 0. The number of aliphatic hydroxyl groups excluding tert-OH is 2. The summed E-state index contributed by atoms with van der Waals surface area (Å²) in [5.74, 6) is -11.7. The maximum atomic E-state index is 13.8. The molecule has 0 saturated heterocycles. The van der Waals surface area contributed by atoms with Crippen LogP contribution in [0.4, 0.5) is 0 Å². The van der Waals surface area contributed by atoms with Gasteiger partial charge in [-0.05, 0) is 23.8 Å². The number of hydrogen-bond acceptors (Lipinski definition) is 14. The molecular formula is C27H26O15. The quantitative estimate of drug-likeness (QED) is 0.134. The second-order valence-corrected chi connectivity index (χ2v) is 10.7. The van der Waals surface area contributed by atoms with Crippen molar-refractivity contribution in [3.8, 4) is 5.75 Å². The maximum absolute atomic E-state index is 13.8. The van der Waals surface area contributed by atoms with Gasteiger partial charge in [0.15, 0.2) is 11.5 Å². The van der Waals surface area contributed by atoms with Crippen molar-refractivity contribution >= 4 is 23.3 Å². The number of carbonyl (C=O) groups excluding carboxylic acids is 2. The number of phenolic OH excluding ortho intramolecular Hbond substituents is 1. The van der Waals surface area contributed by atoms with Gasteiger partial charge in [0.25, 0.3) is 5.97 Å². The van der Waals surface area contributed by atoms with Crippen LogP contribution in [0.15, 0.2) is 47.5 Å². The smallest absolute Gasteiger partial charge is 0.342 e. The van der Waals surface area contributed by atoms with Gasteiger partial charge >= 0.3 is 5.97 Å². The molecule has 224 valence electrons. The van der Waals surface area contributed by atoms with Crippen LogP contribution in [-0.2, 0) is 36.9 Å². The number of aliphatic hydroxyl groups is 8. The Kier molecular flexibility index (Phi) is 6.63. The summed E-state index contributed by atoms with van der Waals surface area (Å²) in [5, 5.41) is 104. The molecular weight excluding hydrogens is 564 g/mol.